The molecule has 0 amide bonds. The molecule has 3 aromatic carbocycles. The minimum Gasteiger partial charge on any atom is -0.338 e. The predicted octanol–water partition coefficient (Wildman–Crippen LogP) is 5.44. The van der Waals surface area contributed by atoms with Crippen LogP contribution in [-0.4, -0.2) is 31.0 Å². The fourth-order valence-corrected chi connectivity index (χ4v) is 6.05. The van der Waals surface area contributed by atoms with Crippen molar-refractivity contribution in [3.05, 3.63) is 71.9 Å². The maximum Gasteiger partial charge on any atom is 0.299 e. The zero-order valence-corrected chi connectivity index (χ0v) is 21.7. The standard InChI is InChI=1S/C27H20F2N4O2P2/c1-13(34)36-25-30-12-24(33-25)17-4-7-19-18-6-3-15(9-20(18)27(28,29)21(19)10-17)16-5-8-22-23(11-16)32-26(31-22)37-14(2)35/h3-12,36-37H,1-2H3,(H,30,33)(H,31,32). The van der Waals surface area contributed by atoms with Gasteiger partial charge in [0.2, 0.25) is 0 Å². The third-order valence-electron chi connectivity index (χ3n) is 6.30. The van der Waals surface area contributed by atoms with E-state index in [2.05, 4.69) is 19.9 Å². The third kappa shape index (κ3) is 4.20. The minimum atomic E-state index is -3.17. The number of halogens is 2. The van der Waals surface area contributed by atoms with E-state index in [0.717, 1.165) is 16.6 Å². The van der Waals surface area contributed by atoms with Gasteiger partial charge < -0.3 is 9.97 Å². The molecule has 10 heteroatoms. The lowest BCUT2D eigenvalue weighted by atomic mass is 9.98. The lowest BCUT2D eigenvalue weighted by molar-refractivity contribution is -0.110. The molecule has 6 rings (SSSR count). The average molecular weight is 532 g/mol. The van der Waals surface area contributed by atoms with Gasteiger partial charge in [-0.2, -0.15) is 8.78 Å². The zero-order valence-electron chi connectivity index (χ0n) is 19.7. The predicted molar refractivity (Wildman–Crippen MR) is 145 cm³/mol. The molecule has 5 aromatic rings. The van der Waals surface area contributed by atoms with Crippen LogP contribution in [0.1, 0.15) is 25.0 Å². The van der Waals surface area contributed by atoms with E-state index in [1.54, 1.807) is 30.5 Å². The van der Waals surface area contributed by atoms with E-state index in [1.165, 1.54) is 19.9 Å². The van der Waals surface area contributed by atoms with Crippen molar-refractivity contribution in [1.29, 1.82) is 0 Å². The molecule has 0 saturated heterocycles. The van der Waals surface area contributed by atoms with E-state index < -0.39 is 5.92 Å². The molecule has 0 saturated carbocycles. The highest BCUT2D eigenvalue weighted by Gasteiger charge is 2.44. The van der Waals surface area contributed by atoms with Gasteiger partial charge in [-0.25, -0.2) is 9.97 Å². The first kappa shape index (κ1) is 23.8. The number of H-pyrrole nitrogens is 2. The van der Waals surface area contributed by atoms with Crippen molar-refractivity contribution in [2.24, 2.45) is 0 Å². The van der Waals surface area contributed by atoms with Gasteiger partial charge in [-0.05, 0) is 60.4 Å². The summed E-state index contributed by atoms with van der Waals surface area (Å²) in [5, 5.41) is 0. The number of hydrogen-bond donors (Lipinski definition) is 2. The third-order valence-corrected chi connectivity index (χ3v) is 7.97. The fraction of sp³-hybridized carbons (Fsp3) is 0.111. The fourth-order valence-electron chi connectivity index (χ4n) is 4.68. The molecule has 0 radical (unpaired) electrons. The molecule has 2 atom stereocenters. The van der Waals surface area contributed by atoms with E-state index in [0.29, 0.717) is 39.1 Å². The number of aromatic nitrogens is 4. The van der Waals surface area contributed by atoms with Crippen LogP contribution in [0.25, 0.3) is 44.5 Å². The van der Waals surface area contributed by atoms with E-state index in [1.807, 2.05) is 24.3 Å². The first-order valence-electron chi connectivity index (χ1n) is 11.5. The molecule has 1 aliphatic carbocycles. The van der Waals surface area contributed by atoms with Gasteiger partial charge in [-0.1, -0.05) is 30.3 Å². The molecule has 184 valence electrons. The van der Waals surface area contributed by atoms with Crippen LogP contribution in [0.3, 0.4) is 0 Å². The van der Waals surface area contributed by atoms with Gasteiger partial charge in [-0.3, -0.25) is 9.59 Å². The zero-order chi connectivity index (χ0) is 25.9. The Hall–Kier alpha value is -3.60. The molecule has 37 heavy (non-hydrogen) atoms. The smallest absolute Gasteiger partial charge is 0.299 e. The molecule has 6 nitrogen and oxygen atoms in total. The summed E-state index contributed by atoms with van der Waals surface area (Å²) in [5.74, 6) is -3.17. The summed E-state index contributed by atoms with van der Waals surface area (Å²) in [6.45, 7) is 3.01. The monoisotopic (exact) mass is 532 g/mol. The van der Waals surface area contributed by atoms with E-state index in [-0.39, 0.29) is 39.3 Å². The summed E-state index contributed by atoms with van der Waals surface area (Å²) < 4.78 is 31.5. The van der Waals surface area contributed by atoms with Crippen molar-refractivity contribution < 1.29 is 18.4 Å². The van der Waals surface area contributed by atoms with Crippen LogP contribution in [-0.2, 0) is 15.5 Å². The first-order valence-corrected chi connectivity index (χ1v) is 13.5. The highest BCUT2D eigenvalue weighted by atomic mass is 31.1. The highest BCUT2D eigenvalue weighted by Crippen LogP contribution is 2.52. The van der Waals surface area contributed by atoms with E-state index >= 15 is 8.78 Å². The van der Waals surface area contributed by atoms with Crippen molar-refractivity contribution in [1.82, 2.24) is 19.9 Å². The quantitative estimate of drug-likeness (QED) is 0.285. The minimum absolute atomic E-state index is 0.00353. The molecular formula is C27H20F2N4O2P2. The van der Waals surface area contributed by atoms with Crippen molar-refractivity contribution in [3.63, 3.8) is 0 Å². The van der Waals surface area contributed by atoms with Gasteiger partial charge in [0.25, 0.3) is 5.92 Å². The van der Waals surface area contributed by atoms with Gasteiger partial charge in [0, 0.05) is 33.9 Å². The van der Waals surface area contributed by atoms with Gasteiger partial charge >= 0.3 is 0 Å². The van der Waals surface area contributed by atoms with E-state index in [9.17, 15) is 9.59 Å². The summed E-state index contributed by atoms with van der Waals surface area (Å²) in [6.07, 6.45) is 1.57. The van der Waals surface area contributed by atoms with Gasteiger partial charge in [-0.15, -0.1) is 0 Å². The second-order valence-electron chi connectivity index (χ2n) is 8.92. The summed E-state index contributed by atoms with van der Waals surface area (Å²) >= 11 is 0. The Morgan fingerprint density at radius 3 is 2.08 bits per heavy atom. The molecule has 2 heterocycles. The average Bonchev–Trinajstić information content (AvgIpc) is 3.53. The highest BCUT2D eigenvalue weighted by molar-refractivity contribution is 7.64. The summed E-state index contributed by atoms with van der Waals surface area (Å²) in [5.41, 5.74) is 6.20. The van der Waals surface area contributed by atoms with E-state index in [4.69, 9.17) is 0 Å². The number of aromatic amines is 2. The lowest BCUT2D eigenvalue weighted by Gasteiger charge is -2.14. The summed E-state index contributed by atoms with van der Waals surface area (Å²) in [4.78, 5) is 37.7. The number of rotatable bonds is 6. The number of carbonyl (C=O) groups excluding carboxylic acids is 2. The molecule has 2 aromatic heterocycles. The lowest BCUT2D eigenvalue weighted by Crippen LogP contribution is -2.11. The SMILES string of the molecule is CC(=O)Pc1ncc(-c2ccc3c(c2)C(F)(F)c2cc(-c4ccc5nc(PC(C)=O)[nH]c5c4)ccc2-3)[nH]1. The summed E-state index contributed by atoms with van der Waals surface area (Å²) in [6, 6.07) is 15.7. The Balaban J connectivity index is 1.36. The number of nitrogens with zero attached hydrogens (tertiary/aromatic N) is 2. The van der Waals surface area contributed by atoms with Crippen LogP contribution in [0.5, 0.6) is 0 Å². The maximum atomic E-state index is 15.8. The first-order chi connectivity index (χ1) is 17.7. The molecular weight excluding hydrogens is 512 g/mol. The number of fused-ring (bicyclic) bond motifs is 4. The molecule has 1 aliphatic rings. The van der Waals surface area contributed by atoms with Crippen molar-refractivity contribution in [2.75, 3.05) is 0 Å². The normalized spacial score (nSPS) is 14.2. The number of carbonyl (C=O) groups is 2. The Morgan fingerprint density at radius 1 is 0.784 bits per heavy atom. The van der Waals surface area contributed by atoms with Crippen molar-refractivity contribution in [2.45, 2.75) is 19.8 Å². The van der Waals surface area contributed by atoms with Crippen LogP contribution in [0.2, 0.25) is 0 Å². The molecule has 0 fully saturated rings. The van der Waals surface area contributed by atoms with Crippen LogP contribution in [0, 0.1) is 0 Å². The largest absolute Gasteiger partial charge is 0.338 e. The topological polar surface area (TPSA) is 91.5 Å². The number of hydrogen-bond acceptors (Lipinski definition) is 4. The molecule has 2 N–H and O–H groups in total. The van der Waals surface area contributed by atoms with Gasteiger partial charge in [0.05, 0.1) is 22.9 Å². The van der Waals surface area contributed by atoms with Gasteiger partial charge in [0.15, 0.2) is 11.0 Å². The second-order valence-corrected chi connectivity index (χ2v) is 11.8. The van der Waals surface area contributed by atoms with Crippen LogP contribution >= 0.6 is 17.2 Å². The Bertz CT molecular complexity index is 1740. The second kappa shape index (κ2) is 8.76. The van der Waals surface area contributed by atoms with Crippen LogP contribution < -0.4 is 11.1 Å². The van der Waals surface area contributed by atoms with Gasteiger partial charge in [0.1, 0.15) is 11.1 Å². The Morgan fingerprint density at radius 2 is 1.38 bits per heavy atom. The number of alkyl halides is 2. The molecule has 2 unspecified atom stereocenters. The molecule has 0 spiro atoms. The maximum absolute atomic E-state index is 15.8. The number of imidazole rings is 2. The Labute approximate surface area is 213 Å². The summed E-state index contributed by atoms with van der Waals surface area (Å²) in [7, 11) is -0.151. The number of benzene rings is 3. The van der Waals surface area contributed by atoms with Crippen LogP contribution in [0.15, 0.2) is 60.8 Å². The molecule has 0 bridgehead atoms. The Kier molecular flexibility index (Phi) is 5.63. The van der Waals surface area contributed by atoms with Crippen LogP contribution in [0.4, 0.5) is 8.78 Å². The number of nitrogens with one attached hydrogen (secondary N) is 2. The van der Waals surface area contributed by atoms with Crippen molar-refractivity contribution in [3.8, 4) is 33.5 Å². The van der Waals surface area contributed by atoms with Crippen molar-refractivity contribution >= 4 is 50.4 Å². The molecule has 0 aliphatic heterocycles.